The monoisotopic (exact) mass is 321 g/mol. The van der Waals surface area contributed by atoms with Crippen LogP contribution >= 0.6 is 0 Å². The largest absolute Gasteiger partial charge is 0.377 e. The highest BCUT2D eigenvalue weighted by Crippen LogP contribution is 2.17. The molecule has 0 radical (unpaired) electrons. The zero-order valence-corrected chi connectivity index (χ0v) is 13.4. The van der Waals surface area contributed by atoms with Crippen LogP contribution in [0.15, 0.2) is 24.3 Å². The first kappa shape index (κ1) is 17.4. The topological polar surface area (TPSA) is 84.7 Å². The van der Waals surface area contributed by atoms with E-state index in [0.29, 0.717) is 18.7 Å². The number of hydrogen-bond acceptors (Lipinski definition) is 5. The fraction of sp³-hybridized carbons (Fsp3) is 0.562. The van der Waals surface area contributed by atoms with E-state index in [2.05, 4.69) is 10.2 Å². The summed E-state index contributed by atoms with van der Waals surface area (Å²) in [5.74, 6) is -0.151. The third kappa shape index (κ3) is 5.96. The standard InChI is InChI=1S/C16H23N3O4/c1-18(12-15-7-2-3-10-23-15)9-8-16(20)17-13-5-4-6-14(11-13)19(21)22/h4-6,11,15H,2-3,7-10,12H2,1H3,(H,17,20). The maximum Gasteiger partial charge on any atom is 0.271 e. The molecular weight excluding hydrogens is 298 g/mol. The molecule has 2 rings (SSSR count). The van der Waals surface area contributed by atoms with Crippen LogP contribution in [0.25, 0.3) is 0 Å². The number of carbonyl (C=O) groups is 1. The Kier molecular flexibility index (Phi) is 6.49. The molecule has 1 aromatic rings. The smallest absolute Gasteiger partial charge is 0.271 e. The molecule has 1 atom stereocenters. The summed E-state index contributed by atoms with van der Waals surface area (Å²) in [4.78, 5) is 24.3. The second kappa shape index (κ2) is 8.59. The fourth-order valence-electron chi connectivity index (χ4n) is 2.60. The normalized spacial score (nSPS) is 17.9. The van der Waals surface area contributed by atoms with Crippen molar-refractivity contribution in [3.05, 3.63) is 34.4 Å². The van der Waals surface area contributed by atoms with Crippen LogP contribution in [-0.4, -0.2) is 48.6 Å². The minimum atomic E-state index is -0.479. The first-order chi connectivity index (χ1) is 11.0. The zero-order valence-electron chi connectivity index (χ0n) is 13.4. The molecule has 1 aliphatic heterocycles. The number of likely N-dealkylation sites (N-methyl/N-ethyl adjacent to an activating group) is 1. The van der Waals surface area contributed by atoms with Gasteiger partial charge in [-0.15, -0.1) is 0 Å². The molecule has 1 fully saturated rings. The Morgan fingerprint density at radius 2 is 2.30 bits per heavy atom. The zero-order chi connectivity index (χ0) is 16.7. The molecule has 1 unspecified atom stereocenters. The Morgan fingerprint density at radius 3 is 3.00 bits per heavy atom. The van der Waals surface area contributed by atoms with Gasteiger partial charge in [-0.1, -0.05) is 6.07 Å². The van der Waals surface area contributed by atoms with Crippen molar-refractivity contribution in [2.75, 3.05) is 32.1 Å². The van der Waals surface area contributed by atoms with Gasteiger partial charge in [-0.05, 0) is 32.4 Å². The second-order valence-electron chi connectivity index (χ2n) is 5.86. The second-order valence-corrected chi connectivity index (χ2v) is 5.86. The van der Waals surface area contributed by atoms with Gasteiger partial charge in [-0.25, -0.2) is 0 Å². The maximum atomic E-state index is 12.0. The summed E-state index contributed by atoms with van der Waals surface area (Å²) in [5, 5.41) is 13.4. The third-order valence-electron chi connectivity index (χ3n) is 3.85. The van der Waals surface area contributed by atoms with Crippen LogP contribution in [0.2, 0.25) is 0 Å². The average Bonchev–Trinajstić information content (AvgIpc) is 2.54. The first-order valence-corrected chi connectivity index (χ1v) is 7.89. The summed E-state index contributed by atoms with van der Waals surface area (Å²) >= 11 is 0. The minimum absolute atomic E-state index is 0.0330. The molecule has 0 aliphatic carbocycles. The average molecular weight is 321 g/mol. The van der Waals surface area contributed by atoms with Crippen molar-refractivity contribution in [1.29, 1.82) is 0 Å². The predicted molar refractivity (Wildman–Crippen MR) is 87.4 cm³/mol. The van der Waals surface area contributed by atoms with Gasteiger partial charge in [-0.3, -0.25) is 14.9 Å². The number of nitrogens with zero attached hydrogens (tertiary/aromatic N) is 2. The number of ether oxygens (including phenoxy) is 1. The molecule has 0 saturated carbocycles. The van der Waals surface area contributed by atoms with E-state index < -0.39 is 4.92 Å². The number of hydrogen-bond donors (Lipinski definition) is 1. The van der Waals surface area contributed by atoms with E-state index in [4.69, 9.17) is 4.74 Å². The number of nitro benzene ring substituents is 1. The van der Waals surface area contributed by atoms with Gasteiger partial charge >= 0.3 is 0 Å². The molecule has 1 N–H and O–H groups in total. The summed E-state index contributed by atoms with van der Waals surface area (Å²) in [6, 6.07) is 5.95. The molecule has 0 spiro atoms. The predicted octanol–water partition coefficient (Wildman–Crippen LogP) is 2.42. The highest BCUT2D eigenvalue weighted by molar-refractivity contribution is 5.91. The molecular formula is C16H23N3O4. The van der Waals surface area contributed by atoms with Gasteiger partial charge in [0.2, 0.25) is 5.91 Å². The lowest BCUT2D eigenvalue weighted by molar-refractivity contribution is -0.384. The fourth-order valence-corrected chi connectivity index (χ4v) is 2.60. The van der Waals surface area contributed by atoms with Crippen LogP contribution in [0.4, 0.5) is 11.4 Å². The van der Waals surface area contributed by atoms with Gasteiger partial charge in [0.25, 0.3) is 5.69 Å². The van der Waals surface area contributed by atoms with Crippen molar-refractivity contribution >= 4 is 17.3 Å². The number of anilines is 1. The lowest BCUT2D eigenvalue weighted by Gasteiger charge is -2.27. The minimum Gasteiger partial charge on any atom is -0.377 e. The molecule has 7 nitrogen and oxygen atoms in total. The Hall–Kier alpha value is -1.99. The van der Waals surface area contributed by atoms with E-state index >= 15 is 0 Å². The van der Waals surface area contributed by atoms with Crippen molar-refractivity contribution in [2.24, 2.45) is 0 Å². The first-order valence-electron chi connectivity index (χ1n) is 7.89. The molecule has 7 heteroatoms. The maximum absolute atomic E-state index is 12.0. The quantitative estimate of drug-likeness (QED) is 0.616. The third-order valence-corrected chi connectivity index (χ3v) is 3.85. The van der Waals surface area contributed by atoms with Crippen molar-refractivity contribution < 1.29 is 14.5 Å². The number of nitro groups is 1. The summed E-state index contributed by atoms with van der Waals surface area (Å²) in [6.07, 6.45) is 4.00. The van der Waals surface area contributed by atoms with E-state index in [0.717, 1.165) is 26.0 Å². The molecule has 23 heavy (non-hydrogen) atoms. The van der Waals surface area contributed by atoms with Crippen LogP contribution < -0.4 is 5.32 Å². The molecule has 1 amide bonds. The molecule has 126 valence electrons. The van der Waals surface area contributed by atoms with Gasteiger partial charge in [-0.2, -0.15) is 0 Å². The van der Waals surface area contributed by atoms with Crippen LogP contribution in [0, 0.1) is 10.1 Å². The number of rotatable bonds is 7. The van der Waals surface area contributed by atoms with Crippen molar-refractivity contribution in [2.45, 2.75) is 31.8 Å². The van der Waals surface area contributed by atoms with Gasteiger partial charge in [0.1, 0.15) is 0 Å². The Balaban J connectivity index is 1.73. The molecule has 0 bridgehead atoms. The number of amides is 1. The van der Waals surface area contributed by atoms with Gasteiger partial charge in [0.05, 0.1) is 11.0 Å². The summed E-state index contributed by atoms with van der Waals surface area (Å²) < 4.78 is 5.68. The van der Waals surface area contributed by atoms with Crippen molar-refractivity contribution in [3.8, 4) is 0 Å². The van der Waals surface area contributed by atoms with Crippen molar-refractivity contribution in [1.82, 2.24) is 4.90 Å². The van der Waals surface area contributed by atoms with Crippen molar-refractivity contribution in [3.63, 3.8) is 0 Å². The molecule has 1 aromatic carbocycles. The van der Waals surface area contributed by atoms with E-state index in [1.54, 1.807) is 12.1 Å². The van der Waals surface area contributed by atoms with Crippen LogP contribution in [-0.2, 0) is 9.53 Å². The molecule has 1 aliphatic rings. The number of nitrogens with one attached hydrogen (secondary N) is 1. The number of benzene rings is 1. The van der Waals surface area contributed by atoms with E-state index in [-0.39, 0.29) is 17.7 Å². The molecule has 1 heterocycles. The lowest BCUT2D eigenvalue weighted by atomic mass is 10.1. The summed E-state index contributed by atoms with van der Waals surface area (Å²) in [6.45, 7) is 2.27. The molecule has 1 saturated heterocycles. The highest BCUT2D eigenvalue weighted by atomic mass is 16.6. The Morgan fingerprint density at radius 1 is 1.48 bits per heavy atom. The summed E-state index contributed by atoms with van der Waals surface area (Å²) in [7, 11) is 1.97. The summed E-state index contributed by atoms with van der Waals surface area (Å²) in [5.41, 5.74) is 0.414. The number of carbonyl (C=O) groups excluding carboxylic acids is 1. The SMILES string of the molecule is CN(CCC(=O)Nc1cccc([N+](=O)[O-])c1)CC1CCCCO1. The van der Waals surface area contributed by atoms with Gasteiger partial charge < -0.3 is 15.0 Å². The van der Waals surface area contributed by atoms with E-state index in [1.807, 2.05) is 7.05 Å². The van der Waals surface area contributed by atoms with Crippen LogP contribution in [0.5, 0.6) is 0 Å². The highest BCUT2D eigenvalue weighted by Gasteiger charge is 2.16. The molecule has 0 aromatic heterocycles. The van der Waals surface area contributed by atoms with Gasteiger partial charge in [0, 0.05) is 43.9 Å². The Labute approximate surface area is 135 Å². The number of non-ortho nitro benzene ring substituents is 1. The van der Waals surface area contributed by atoms with Crippen LogP contribution in [0.3, 0.4) is 0 Å². The Bertz CT molecular complexity index is 544. The van der Waals surface area contributed by atoms with E-state index in [9.17, 15) is 14.9 Å². The van der Waals surface area contributed by atoms with E-state index in [1.165, 1.54) is 18.6 Å². The lowest BCUT2D eigenvalue weighted by Crippen LogP contribution is -2.35. The van der Waals surface area contributed by atoms with Gasteiger partial charge in [0.15, 0.2) is 0 Å². The van der Waals surface area contributed by atoms with Crippen LogP contribution in [0.1, 0.15) is 25.7 Å².